The molecule has 2 atom stereocenters. The van der Waals surface area contributed by atoms with E-state index in [1.807, 2.05) is 0 Å². The SMILES string of the molecule is O=C(O)c1ccc(N(C2CCCCC2F)S(=O)(=O)c2ccc(Cl)nc2)cc1. The van der Waals surface area contributed by atoms with Gasteiger partial charge in [0.05, 0.1) is 17.3 Å². The monoisotopic (exact) mass is 412 g/mol. The summed E-state index contributed by atoms with van der Waals surface area (Å²) in [4.78, 5) is 14.8. The molecule has 1 aromatic carbocycles. The highest BCUT2D eigenvalue weighted by molar-refractivity contribution is 7.92. The van der Waals surface area contributed by atoms with Gasteiger partial charge in [0, 0.05) is 6.20 Å². The fourth-order valence-electron chi connectivity index (χ4n) is 3.22. The molecule has 1 heterocycles. The molecule has 2 aromatic rings. The standard InChI is InChI=1S/C18H18ClFN2O4S/c19-17-10-9-14(11-21-17)27(25,26)22(16-4-2-1-3-15(16)20)13-7-5-12(6-8-13)18(23)24/h5-11,15-16H,1-4H2,(H,23,24). The highest BCUT2D eigenvalue weighted by atomic mass is 35.5. The summed E-state index contributed by atoms with van der Waals surface area (Å²) in [5.74, 6) is -1.13. The number of anilines is 1. The zero-order valence-electron chi connectivity index (χ0n) is 14.3. The Hall–Kier alpha value is -2.19. The molecule has 9 heteroatoms. The first-order chi connectivity index (χ1) is 12.8. The number of rotatable bonds is 5. The Morgan fingerprint density at radius 2 is 1.81 bits per heavy atom. The minimum atomic E-state index is -4.11. The lowest BCUT2D eigenvalue weighted by Gasteiger charge is -2.37. The fourth-order valence-corrected chi connectivity index (χ4v) is 4.98. The van der Waals surface area contributed by atoms with Crippen LogP contribution in [-0.4, -0.2) is 36.7 Å². The zero-order valence-corrected chi connectivity index (χ0v) is 15.8. The zero-order chi connectivity index (χ0) is 19.6. The molecule has 3 rings (SSSR count). The molecule has 0 amide bonds. The molecule has 0 aliphatic heterocycles. The van der Waals surface area contributed by atoms with Crippen molar-refractivity contribution in [1.82, 2.24) is 4.98 Å². The first-order valence-electron chi connectivity index (χ1n) is 8.44. The predicted molar refractivity (Wildman–Crippen MR) is 99.5 cm³/mol. The number of aromatic nitrogens is 1. The van der Waals surface area contributed by atoms with E-state index >= 15 is 0 Å². The second kappa shape index (κ2) is 7.82. The smallest absolute Gasteiger partial charge is 0.335 e. The van der Waals surface area contributed by atoms with Gasteiger partial charge in [-0.3, -0.25) is 4.31 Å². The normalized spacial score (nSPS) is 20.2. The van der Waals surface area contributed by atoms with Crippen LogP contribution in [0.25, 0.3) is 0 Å². The minimum Gasteiger partial charge on any atom is -0.478 e. The van der Waals surface area contributed by atoms with Crippen LogP contribution in [0.2, 0.25) is 5.15 Å². The van der Waals surface area contributed by atoms with Crippen molar-refractivity contribution in [3.05, 3.63) is 53.3 Å². The van der Waals surface area contributed by atoms with Crippen LogP contribution in [0.1, 0.15) is 36.0 Å². The number of nitrogens with zero attached hydrogens (tertiary/aromatic N) is 2. The summed E-state index contributed by atoms with van der Waals surface area (Å²) in [6.07, 6.45) is 1.89. The van der Waals surface area contributed by atoms with Crippen LogP contribution < -0.4 is 4.31 Å². The number of carbonyl (C=O) groups is 1. The van der Waals surface area contributed by atoms with Gasteiger partial charge >= 0.3 is 5.97 Å². The highest BCUT2D eigenvalue weighted by Gasteiger charge is 2.38. The molecule has 0 spiro atoms. The van der Waals surface area contributed by atoms with Gasteiger partial charge in [-0.05, 0) is 49.2 Å². The molecule has 1 fully saturated rings. The number of benzene rings is 1. The molecule has 0 bridgehead atoms. The lowest BCUT2D eigenvalue weighted by atomic mass is 9.93. The van der Waals surface area contributed by atoms with Gasteiger partial charge in [0.15, 0.2) is 0 Å². The molecule has 1 N–H and O–H groups in total. The average molecular weight is 413 g/mol. The van der Waals surface area contributed by atoms with Crippen molar-refractivity contribution >= 4 is 33.3 Å². The number of pyridine rings is 1. The number of carboxylic acid groups (broad SMARTS) is 1. The molecular weight excluding hydrogens is 395 g/mol. The maximum Gasteiger partial charge on any atom is 0.335 e. The van der Waals surface area contributed by atoms with E-state index in [0.717, 1.165) is 10.5 Å². The van der Waals surface area contributed by atoms with Crippen molar-refractivity contribution in [1.29, 1.82) is 0 Å². The molecular formula is C18H18ClFN2O4S. The van der Waals surface area contributed by atoms with Crippen molar-refractivity contribution in [2.45, 2.75) is 42.8 Å². The molecule has 1 aliphatic rings. The first-order valence-corrected chi connectivity index (χ1v) is 10.3. The Kier molecular flexibility index (Phi) is 5.67. The van der Waals surface area contributed by atoms with Crippen molar-refractivity contribution in [3.8, 4) is 0 Å². The van der Waals surface area contributed by atoms with Crippen LogP contribution in [-0.2, 0) is 10.0 Å². The van der Waals surface area contributed by atoms with E-state index < -0.39 is 28.2 Å². The molecule has 1 aromatic heterocycles. The Morgan fingerprint density at radius 1 is 1.15 bits per heavy atom. The van der Waals surface area contributed by atoms with Crippen molar-refractivity contribution < 1.29 is 22.7 Å². The van der Waals surface area contributed by atoms with E-state index in [1.165, 1.54) is 36.4 Å². The van der Waals surface area contributed by atoms with Crippen LogP contribution >= 0.6 is 11.6 Å². The van der Waals surface area contributed by atoms with E-state index in [-0.39, 0.29) is 27.7 Å². The molecule has 2 unspecified atom stereocenters. The molecule has 1 saturated carbocycles. The van der Waals surface area contributed by atoms with Crippen molar-refractivity contribution in [2.24, 2.45) is 0 Å². The van der Waals surface area contributed by atoms with Gasteiger partial charge in [-0.1, -0.05) is 24.4 Å². The second-order valence-electron chi connectivity index (χ2n) is 6.34. The summed E-state index contributed by atoms with van der Waals surface area (Å²) in [5, 5.41) is 9.20. The quantitative estimate of drug-likeness (QED) is 0.752. The van der Waals surface area contributed by atoms with Gasteiger partial charge in [-0.25, -0.2) is 22.6 Å². The number of hydrogen-bond donors (Lipinski definition) is 1. The molecule has 144 valence electrons. The number of halogens is 2. The predicted octanol–water partition coefficient (Wildman–Crippen LogP) is 3.91. The summed E-state index contributed by atoms with van der Waals surface area (Å²) < 4.78 is 42.2. The topological polar surface area (TPSA) is 87.6 Å². The molecule has 1 aliphatic carbocycles. The second-order valence-corrected chi connectivity index (χ2v) is 8.54. The van der Waals surface area contributed by atoms with E-state index in [1.54, 1.807) is 0 Å². The molecule has 6 nitrogen and oxygen atoms in total. The van der Waals surface area contributed by atoms with E-state index in [2.05, 4.69) is 4.98 Å². The number of alkyl halides is 1. The van der Waals surface area contributed by atoms with Crippen LogP contribution in [0.4, 0.5) is 10.1 Å². The average Bonchev–Trinajstić information content (AvgIpc) is 2.64. The van der Waals surface area contributed by atoms with Crippen LogP contribution in [0, 0.1) is 0 Å². The Bertz CT molecular complexity index is 919. The minimum absolute atomic E-state index is 0.0182. The van der Waals surface area contributed by atoms with Crippen molar-refractivity contribution in [2.75, 3.05) is 4.31 Å². The van der Waals surface area contributed by atoms with Crippen LogP contribution in [0.15, 0.2) is 47.5 Å². The lowest BCUT2D eigenvalue weighted by molar-refractivity contribution is 0.0697. The number of aromatic carboxylic acids is 1. The van der Waals surface area contributed by atoms with Crippen molar-refractivity contribution in [3.63, 3.8) is 0 Å². The summed E-state index contributed by atoms with van der Waals surface area (Å²) >= 11 is 5.74. The third-order valence-corrected chi connectivity index (χ3v) is 6.63. The number of sulfonamides is 1. The first kappa shape index (κ1) is 19.6. The molecule has 0 saturated heterocycles. The Labute approximate surface area is 161 Å². The fraction of sp³-hybridized carbons (Fsp3) is 0.333. The summed E-state index contributed by atoms with van der Waals surface area (Å²) in [7, 11) is -4.11. The maximum absolute atomic E-state index is 14.7. The summed E-state index contributed by atoms with van der Waals surface area (Å²) in [6.45, 7) is 0. The number of hydrogen-bond acceptors (Lipinski definition) is 4. The van der Waals surface area contributed by atoms with E-state index in [4.69, 9.17) is 16.7 Å². The third kappa shape index (κ3) is 4.06. The highest BCUT2D eigenvalue weighted by Crippen LogP contribution is 2.34. The third-order valence-electron chi connectivity index (χ3n) is 4.57. The summed E-state index contributed by atoms with van der Waals surface area (Å²) in [5.41, 5.74) is 0.231. The number of carboxylic acids is 1. The largest absolute Gasteiger partial charge is 0.478 e. The summed E-state index contributed by atoms with van der Waals surface area (Å²) in [6, 6.07) is 7.17. The van der Waals surface area contributed by atoms with Crippen LogP contribution in [0.5, 0.6) is 0 Å². The van der Waals surface area contributed by atoms with E-state index in [0.29, 0.717) is 19.3 Å². The lowest BCUT2D eigenvalue weighted by Crippen LogP contribution is -2.47. The van der Waals surface area contributed by atoms with E-state index in [9.17, 15) is 17.6 Å². The maximum atomic E-state index is 14.7. The molecule has 0 radical (unpaired) electrons. The Balaban J connectivity index is 2.09. The van der Waals surface area contributed by atoms with Gasteiger partial charge in [0.25, 0.3) is 10.0 Å². The van der Waals surface area contributed by atoms with Gasteiger partial charge in [0.1, 0.15) is 16.2 Å². The Morgan fingerprint density at radius 3 is 2.37 bits per heavy atom. The van der Waals surface area contributed by atoms with Crippen LogP contribution in [0.3, 0.4) is 0 Å². The van der Waals surface area contributed by atoms with Gasteiger partial charge < -0.3 is 5.11 Å². The van der Waals surface area contributed by atoms with Gasteiger partial charge in [0.2, 0.25) is 0 Å². The van der Waals surface area contributed by atoms with Gasteiger partial charge in [-0.2, -0.15) is 0 Å². The van der Waals surface area contributed by atoms with Gasteiger partial charge in [-0.15, -0.1) is 0 Å². The molecule has 27 heavy (non-hydrogen) atoms.